The zero-order chi connectivity index (χ0) is 23.8. The second kappa shape index (κ2) is 11.5. The van der Waals surface area contributed by atoms with E-state index in [2.05, 4.69) is 10.3 Å². The van der Waals surface area contributed by atoms with Gasteiger partial charge in [-0.15, -0.1) is 0 Å². The summed E-state index contributed by atoms with van der Waals surface area (Å²) >= 11 is 6.54. The molecule has 1 unspecified atom stereocenters. The van der Waals surface area contributed by atoms with Crippen LogP contribution in [0.3, 0.4) is 0 Å². The van der Waals surface area contributed by atoms with Crippen molar-refractivity contribution in [3.8, 4) is 0 Å². The highest BCUT2D eigenvalue weighted by atomic mass is 35.5. The van der Waals surface area contributed by atoms with Gasteiger partial charge >= 0.3 is 5.97 Å². The largest absolute Gasteiger partial charge is 0.463 e. The number of nitrogens with two attached hydrogens (primary N) is 1. The fourth-order valence-electron chi connectivity index (χ4n) is 3.79. The molecule has 6 nitrogen and oxygen atoms in total. The number of carbonyl (C=O) groups excluding carboxylic acids is 2. The monoisotopic (exact) mass is 465 g/mol. The molecule has 3 N–H and O–H groups in total. The first kappa shape index (κ1) is 24.3. The van der Waals surface area contributed by atoms with Crippen molar-refractivity contribution in [1.82, 2.24) is 5.32 Å². The number of hydrogen-bond donors (Lipinski definition) is 2. The number of allylic oxidation sites excluding steroid dienone is 1. The highest BCUT2D eigenvalue weighted by molar-refractivity contribution is 6.31. The summed E-state index contributed by atoms with van der Waals surface area (Å²) in [5.74, 6) is -1.06. The van der Waals surface area contributed by atoms with Crippen molar-refractivity contribution in [2.75, 3.05) is 6.61 Å². The number of hydrogen-bond acceptors (Lipinski definition) is 5. The Morgan fingerprint density at radius 3 is 2.48 bits per heavy atom. The van der Waals surface area contributed by atoms with Crippen LogP contribution in [-0.4, -0.2) is 24.3 Å². The topological polar surface area (TPSA) is 93.8 Å². The maximum Gasteiger partial charge on any atom is 0.336 e. The molecule has 0 spiro atoms. The number of nitrogens with zero attached hydrogens (tertiary/aromatic N) is 1. The Morgan fingerprint density at radius 2 is 1.82 bits per heavy atom. The van der Waals surface area contributed by atoms with Crippen molar-refractivity contribution in [3.05, 3.63) is 93.8 Å². The summed E-state index contributed by atoms with van der Waals surface area (Å²) < 4.78 is 5.37. The Balaban J connectivity index is 2.05. The van der Waals surface area contributed by atoms with E-state index in [0.717, 1.165) is 12.0 Å². The van der Waals surface area contributed by atoms with E-state index in [1.807, 2.05) is 55.5 Å². The van der Waals surface area contributed by atoms with Crippen LogP contribution in [0.5, 0.6) is 0 Å². The van der Waals surface area contributed by atoms with Crippen LogP contribution >= 0.6 is 11.6 Å². The van der Waals surface area contributed by atoms with Gasteiger partial charge < -0.3 is 15.8 Å². The first-order valence-electron chi connectivity index (χ1n) is 11.0. The van der Waals surface area contributed by atoms with Gasteiger partial charge in [0.1, 0.15) is 5.84 Å². The van der Waals surface area contributed by atoms with Gasteiger partial charge in [0.05, 0.1) is 24.3 Å². The molecule has 0 saturated heterocycles. The minimum absolute atomic E-state index is 0.208. The Kier molecular flexibility index (Phi) is 8.44. The minimum atomic E-state index is -0.617. The lowest BCUT2D eigenvalue weighted by Gasteiger charge is -2.29. The fraction of sp³-hybridized carbons (Fsp3) is 0.269. The molecule has 0 aliphatic carbocycles. The normalized spacial score (nSPS) is 17.0. The van der Waals surface area contributed by atoms with Crippen LogP contribution in [-0.2, 0) is 20.7 Å². The number of halogens is 1. The number of rotatable bonds is 8. The van der Waals surface area contributed by atoms with E-state index in [9.17, 15) is 9.59 Å². The number of ether oxygens (including phenoxy) is 1. The van der Waals surface area contributed by atoms with Crippen LogP contribution in [0.15, 0.2) is 82.6 Å². The number of amides is 1. The highest BCUT2D eigenvalue weighted by Gasteiger charge is 2.36. The van der Waals surface area contributed by atoms with Crippen LogP contribution in [0, 0.1) is 0 Å². The lowest BCUT2D eigenvalue weighted by atomic mass is 9.80. The first-order valence-corrected chi connectivity index (χ1v) is 11.4. The number of nitrogens with one attached hydrogen (secondary N) is 1. The molecule has 33 heavy (non-hydrogen) atoms. The number of amidine groups is 1. The van der Waals surface area contributed by atoms with Gasteiger partial charge in [0.25, 0.3) is 0 Å². The SMILES string of the molecule is CCCC1=C(C(=O)OCC)C(c2ccccc2Cl)/C(=C/NC(=O)Cc2ccccc2)C(N)=N1. The molecule has 7 heteroatoms. The number of esters is 1. The van der Waals surface area contributed by atoms with Gasteiger partial charge in [-0.1, -0.05) is 73.5 Å². The van der Waals surface area contributed by atoms with E-state index < -0.39 is 11.9 Å². The summed E-state index contributed by atoms with van der Waals surface area (Å²) in [6, 6.07) is 16.7. The van der Waals surface area contributed by atoms with Crippen molar-refractivity contribution < 1.29 is 14.3 Å². The van der Waals surface area contributed by atoms with E-state index in [1.54, 1.807) is 13.0 Å². The second-order valence-corrected chi connectivity index (χ2v) is 8.02. The van der Waals surface area contributed by atoms with Crippen LogP contribution in [0.4, 0.5) is 0 Å². The van der Waals surface area contributed by atoms with Gasteiger partial charge in [-0.05, 0) is 30.5 Å². The average Bonchev–Trinajstić information content (AvgIpc) is 2.79. The van der Waals surface area contributed by atoms with E-state index in [1.165, 1.54) is 6.20 Å². The first-order chi connectivity index (χ1) is 16.0. The summed E-state index contributed by atoms with van der Waals surface area (Å²) in [4.78, 5) is 30.2. The van der Waals surface area contributed by atoms with Gasteiger partial charge in [0.2, 0.25) is 5.91 Å². The molecule has 0 fully saturated rings. The number of aliphatic imine (C=N–C) groups is 1. The summed E-state index contributed by atoms with van der Waals surface area (Å²) in [5, 5.41) is 3.29. The van der Waals surface area contributed by atoms with Gasteiger partial charge in [-0.3, -0.25) is 4.79 Å². The van der Waals surface area contributed by atoms with Gasteiger partial charge in [-0.25, -0.2) is 9.79 Å². The molecule has 1 amide bonds. The predicted octanol–water partition coefficient (Wildman–Crippen LogP) is 4.65. The standard InChI is InChI=1S/C26H28ClN3O3/c1-3-10-21-24(26(32)33-4-2)23(18-13-8-9-14-20(18)27)19(25(28)30-21)16-29-22(31)15-17-11-6-5-7-12-17/h5-9,11-14,16,23H,3-4,10,15H2,1-2H3,(H2,28,30)(H,29,31)/b19-16-. The molecule has 3 rings (SSSR count). The highest BCUT2D eigenvalue weighted by Crippen LogP contribution is 2.41. The molecular formula is C26H28ClN3O3. The molecular weight excluding hydrogens is 438 g/mol. The third-order valence-corrected chi connectivity index (χ3v) is 5.60. The lowest BCUT2D eigenvalue weighted by Crippen LogP contribution is -2.32. The summed E-state index contributed by atoms with van der Waals surface area (Å²) in [6.07, 6.45) is 3.07. The zero-order valence-corrected chi connectivity index (χ0v) is 19.6. The summed E-state index contributed by atoms with van der Waals surface area (Å²) in [7, 11) is 0. The van der Waals surface area contributed by atoms with Crippen LogP contribution < -0.4 is 11.1 Å². The fourth-order valence-corrected chi connectivity index (χ4v) is 4.04. The van der Waals surface area contributed by atoms with E-state index in [-0.39, 0.29) is 24.8 Å². The Morgan fingerprint density at radius 1 is 1.12 bits per heavy atom. The average molecular weight is 466 g/mol. The molecule has 0 radical (unpaired) electrons. The van der Waals surface area contributed by atoms with Crippen molar-refractivity contribution in [1.29, 1.82) is 0 Å². The lowest BCUT2D eigenvalue weighted by molar-refractivity contribution is -0.138. The van der Waals surface area contributed by atoms with Gasteiger partial charge in [-0.2, -0.15) is 0 Å². The van der Waals surface area contributed by atoms with E-state index >= 15 is 0 Å². The van der Waals surface area contributed by atoms with Crippen LogP contribution in [0.2, 0.25) is 5.02 Å². The second-order valence-electron chi connectivity index (χ2n) is 7.61. The molecule has 0 bridgehead atoms. The molecule has 2 aromatic rings. The molecule has 1 heterocycles. The molecule has 0 saturated carbocycles. The van der Waals surface area contributed by atoms with Crippen molar-refractivity contribution in [2.45, 2.75) is 39.0 Å². The smallest absolute Gasteiger partial charge is 0.336 e. The number of benzene rings is 2. The van der Waals surface area contributed by atoms with E-state index in [4.69, 9.17) is 22.1 Å². The van der Waals surface area contributed by atoms with Crippen LogP contribution in [0.25, 0.3) is 0 Å². The van der Waals surface area contributed by atoms with Gasteiger partial charge in [0.15, 0.2) is 0 Å². The van der Waals surface area contributed by atoms with Crippen molar-refractivity contribution in [2.24, 2.45) is 10.7 Å². The molecule has 1 aliphatic rings. The third-order valence-electron chi connectivity index (χ3n) is 5.26. The third kappa shape index (κ3) is 5.90. The summed E-state index contributed by atoms with van der Waals surface area (Å²) in [6.45, 7) is 3.98. The molecule has 2 aromatic carbocycles. The molecule has 1 atom stereocenters. The predicted molar refractivity (Wildman–Crippen MR) is 131 cm³/mol. The number of carbonyl (C=O) groups is 2. The Labute approximate surface area is 199 Å². The summed E-state index contributed by atoms with van der Waals surface area (Å²) in [5.41, 5.74) is 9.39. The van der Waals surface area contributed by atoms with Gasteiger partial charge in [0, 0.05) is 22.7 Å². The maximum absolute atomic E-state index is 13.1. The quantitative estimate of drug-likeness (QED) is 0.554. The molecule has 172 valence electrons. The van der Waals surface area contributed by atoms with E-state index in [0.29, 0.717) is 33.9 Å². The van der Waals surface area contributed by atoms with Crippen LogP contribution in [0.1, 0.15) is 43.7 Å². The van der Waals surface area contributed by atoms with Crippen molar-refractivity contribution >= 4 is 29.3 Å². The zero-order valence-electron chi connectivity index (χ0n) is 18.8. The maximum atomic E-state index is 13.1. The van der Waals surface area contributed by atoms with Crippen molar-refractivity contribution in [3.63, 3.8) is 0 Å². The molecule has 1 aliphatic heterocycles. The Hall–Kier alpha value is -3.38. The molecule has 0 aromatic heterocycles. The minimum Gasteiger partial charge on any atom is -0.463 e. The Bertz CT molecular complexity index is 1110.